The highest BCUT2D eigenvalue weighted by molar-refractivity contribution is 5.77. The number of hydrogen-bond donors (Lipinski definition) is 1. The monoisotopic (exact) mass is 270 g/mol. The molecule has 2 fully saturated rings. The molecule has 2 atom stereocenters. The molecule has 0 aliphatic carbocycles. The summed E-state index contributed by atoms with van der Waals surface area (Å²) in [6.07, 6.45) is 3.19. The molecule has 5 heteroatoms. The Morgan fingerprint density at radius 2 is 2.11 bits per heavy atom. The summed E-state index contributed by atoms with van der Waals surface area (Å²) in [5.41, 5.74) is 0. The van der Waals surface area contributed by atoms with Crippen LogP contribution in [0.25, 0.3) is 0 Å². The van der Waals surface area contributed by atoms with Crippen molar-refractivity contribution in [3.05, 3.63) is 0 Å². The van der Waals surface area contributed by atoms with Crippen molar-refractivity contribution in [2.75, 3.05) is 39.8 Å². The highest BCUT2D eigenvalue weighted by Crippen LogP contribution is 2.23. The average molecular weight is 270 g/mol. The smallest absolute Gasteiger partial charge is 0.323 e. The third kappa shape index (κ3) is 3.91. The lowest BCUT2D eigenvalue weighted by molar-refractivity contribution is -0.144. The van der Waals surface area contributed by atoms with E-state index in [1.807, 2.05) is 14.0 Å². The van der Waals surface area contributed by atoms with Gasteiger partial charge in [0.15, 0.2) is 0 Å². The Bertz CT molecular complexity index is 303. The van der Waals surface area contributed by atoms with Crippen LogP contribution in [0, 0.1) is 5.92 Å². The summed E-state index contributed by atoms with van der Waals surface area (Å²) in [6.45, 7) is 6.08. The normalized spacial score (nSPS) is 30.0. The van der Waals surface area contributed by atoms with Gasteiger partial charge in [0, 0.05) is 19.5 Å². The Kier molecular flexibility index (Phi) is 5.19. The van der Waals surface area contributed by atoms with Crippen LogP contribution in [0.3, 0.4) is 0 Å². The van der Waals surface area contributed by atoms with E-state index in [1.54, 1.807) is 0 Å². The van der Waals surface area contributed by atoms with Crippen LogP contribution in [-0.4, -0.2) is 72.9 Å². The van der Waals surface area contributed by atoms with Gasteiger partial charge in [-0.25, -0.2) is 0 Å². The molecule has 2 rings (SSSR count). The molecule has 0 radical (unpaired) electrons. The first-order chi connectivity index (χ1) is 9.10. The zero-order valence-electron chi connectivity index (χ0n) is 12.0. The van der Waals surface area contributed by atoms with Crippen LogP contribution < -0.4 is 0 Å². The SMILES string of the molecule is C[C@H]1C[C@H](N(C)CC2CCN(CCO)CC2)C(=O)O1. The molecule has 0 unspecified atom stereocenters. The number of ether oxygens (including phenoxy) is 1. The third-order valence-electron chi connectivity index (χ3n) is 4.35. The number of rotatable bonds is 5. The molecule has 2 heterocycles. The number of carbonyl (C=O) groups is 1. The second kappa shape index (κ2) is 6.68. The molecule has 2 aliphatic heterocycles. The van der Waals surface area contributed by atoms with Gasteiger partial charge in [-0.15, -0.1) is 0 Å². The van der Waals surface area contributed by atoms with Crippen molar-refractivity contribution in [2.45, 2.75) is 38.3 Å². The summed E-state index contributed by atoms with van der Waals surface area (Å²) in [5.74, 6) is 0.594. The fourth-order valence-corrected chi connectivity index (χ4v) is 3.16. The molecule has 19 heavy (non-hydrogen) atoms. The summed E-state index contributed by atoms with van der Waals surface area (Å²) in [5, 5.41) is 8.93. The lowest BCUT2D eigenvalue weighted by Crippen LogP contribution is -2.42. The molecular formula is C14H26N2O3. The highest BCUT2D eigenvalue weighted by Gasteiger charge is 2.35. The van der Waals surface area contributed by atoms with Crippen molar-refractivity contribution < 1.29 is 14.6 Å². The number of cyclic esters (lactones) is 1. The van der Waals surface area contributed by atoms with Crippen molar-refractivity contribution in [3.8, 4) is 0 Å². The van der Waals surface area contributed by atoms with Gasteiger partial charge in [-0.1, -0.05) is 0 Å². The summed E-state index contributed by atoms with van der Waals surface area (Å²) in [4.78, 5) is 16.2. The van der Waals surface area contributed by atoms with E-state index in [0.29, 0.717) is 5.92 Å². The number of nitrogens with zero attached hydrogens (tertiary/aromatic N) is 2. The topological polar surface area (TPSA) is 53.0 Å². The molecule has 0 spiro atoms. The summed E-state index contributed by atoms with van der Waals surface area (Å²) >= 11 is 0. The maximum absolute atomic E-state index is 11.7. The van der Waals surface area contributed by atoms with Gasteiger partial charge in [-0.2, -0.15) is 0 Å². The molecule has 2 saturated heterocycles. The van der Waals surface area contributed by atoms with E-state index in [9.17, 15) is 4.79 Å². The number of esters is 1. The zero-order valence-corrected chi connectivity index (χ0v) is 12.0. The highest BCUT2D eigenvalue weighted by atomic mass is 16.6. The van der Waals surface area contributed by atoms with E-state index in [2.05, 4.69) is 9.80 Å². The van der Waals surface area contributed by atoms with Gasteiger partial charge in [0.2, 0.25) is 0 Å². The second-order valence-corrected chi connectivity index (χ2v) is 5.95. The first-order valence-electron chi connectivity index (χ1n) is 7.34. The van der Waals surface area contributed by atoms with Gasteiger partial charge >= 0.3 is 5.97 Å². The Balaban J connectivity index is 1.74. The van der Waals surface area contributed by atoms with Gasteiger partial charge in [-0.05, 0) is 45.8 Å². The first kappa shape index (κ1) is 14.8. The standard InChI is InChI=1S/C14H26N2O3/c1-11-9-13(14(18)19-11)15(2)10-12-3-5-16(6-4-12)7-8-17/h11-13,17H,3-10H2,1-2H3/t11-,13-/m0/s1. The lowest BCUT2D eigenvalue weighted by Gasteiger charge is -2.34. The molecule has 0 aromatic carbocycles. The average Bonchev–Trinajstić information content (AvgIpc) is 2.71. The minimum absolute atomic E-state index is 0.0505. The maximum Gasteiger partial charge on any atom is 0.323 e. The quantitative estimate of drug-likeness (QED) is 0.730. The number of aliphatic hydroxyl groups excluding tert-OH is 1. The zero-order chi connectivity index (χ0) is 13.8. The molecule has 0 aromatic rings. The van der Waals surface area contributed by atoms with Crippen LogP contribution in [-0.2, 0) is 9.53 Å². The van der Waals surface area contributed by atoms with Crippen molar-refractivity contribution in [2.24, 2.45) is 5.92 Å². The Labute approximate surface area is 115 Å². The molecule has 5 nitrogen and oxygen atoms in total. The fraction of sp³-hybridized carbons (Fsp3) is 0.929. The molecule has 0 saturated carbocycles. The Morgan fingerprint density at radius 3 is 2.63 bits per heavy atom. The van der Waals surface area contributed by atoms with Crippen LogP contribution in [0.5, 0.6) is 0 Å². The van der Waals surface area contributed by atoms with Gasteiger partial charge in [-0.3, -0.25) is 9.69 Å². The van der Waals surface area contributed by atoms with Gasteiger partial charge in [0.1, 0.15) is 12.1 Å². The fourth-order valence-electron chi connectivity index (χ4n) is 3.16. The van der Waals surface area contributed by atoms with Crippen LogP contribution >= 0.6 is 0 Å². The number of β-amino-alcohol motifs (C(OH)–C–C–N with tert-alkyl or cyclic N) is 1. The minimum Gasteiger partial charge on any atom is -0.461 e. The molecule has 110 valence electrons. The molecular weight excluding hydrogens is 244 g/mol. The van der Waals surface area contributed by atoms with Crippen LogP contribution in [0.2, 0.25) is 0 Å². The van der Waals surface area contributed by atoms with Gasteiger partial charge in [0.05, 0.1) is 6.61 Å². The van der Waals surface area contributed by atoms with Crippen molar-refractivity contribution in [1.82, 2.24) is 9.80 Å². The predicted octanol–water partition coefficient (Wildman–Crippen LogP) is 0.327. The van der Waals surface area contributed by atoms with E-state index in [-0.39, 0.29) is 24.7 Å². The number of carbonyl (C=O) groups excluding carboxylic acids is 1. The predicted molar refractivity (Wildman–Crippen MR) is 72.8 cm³/mol. The summed E-state index contributed by atoms with van der Waals surface area (Å²) in [6, 6.07) is -0.0505. The molecule has 2 aliphatic rings. The number of aliphatic hydroxyl groups is 1. The number of likely N-dealkylation sites (tertiary alicyclic amines) is 1. The van der Waals surface area contributed by atoms with Gasteiger partial charge in [0.25, 0.3) is 0 Å². The number of likely N-dealkylation sites (N-methyl/N-ethyl adjacent to an activating group) is 1. The van der Waals surface area contributed by atoms with E-state index in [0.717, 1.165) is 45.4 Å². The molecule has 0 aromatic heterocycles. The largest absolute Gasteiger partial charge is 0.461 e. The number of piperidine rings is 1. The molecule has 0 bridgehead atoms. The van der Waals surface area contributed by atoms with Crippen LogP contribution in [0.4, 0.5) is 0 Å². The van der Waals surface area contributed by atoms with Crippen molar-refractivity contribution in [3.63, 3.8) is 0 Å². The molecule has 1 N–H and O–H groups in total. The van der Waals surface area contributed by atoms with E-state index in [4.69, 9.17) is 9.84 Å². The minimum atomic E-state index is -0.0623. The number of hydrogen-bond acceptors (Lipinski definition) is 5. The van der Waals surface area contributed by atoms with E-state index in [1.165, 1.54) is 0 Å². The third-order valence-corrected chi connectivity index (χ3v) is 4.35. The van der Waals surface area contributed by atoms with Crippen LogP contribution in [0.1, 0.15) is 26.2 Å². The lowest BCUT2D eigenvalue weighted by atomic mass is 9.95. The van der Waals surface area contributed by atoms with Crippen molar-refractivity contribution in [1.29, 1.82) is 0 Å². The van der Waals surface area contributed by atoms with E-state index < -0.39 is 0 Å². The Hall–Kier alpha value is -0.650. The summed E-state index contributed by atoms with van der Waals surface area (Å²) < 4.78 is 5.22. The van der Waals surface area contributed by atoms with E-state index >= 15 is 0 Å². The maximum atomic E-state index is 11.7. The van der Waals surface area contributed by atoms with Crippen molar-refractivity contribution >= 4 is 5.97 Å². The first-order valence-corrected chi connectivity index (χ1v) is 7.34. The second-order valence-electron chi connectivity index (χ2n) is 5.95. The Morgan fingerprint density at radius 1 is 1.42 bits per heavy atom. The van der Waals surface area contributed by atoms with Crippen LogP contribution in [0.15, 0.2) is 0 Å². The molecule has 0 amide bonds. The summed E-state index contributed by atoms with van der Waals surface area (Å²) in [7, 11) is 2.03. The van der Waals surface area contributed by atoms with Gasteiger partial charge < -0.3 is 14.7 Å².